The molecule has 8 nitrogen and oxygen atoms in total. The Morgan fingerprint density at radius 2 is 1.12 bits per heavy atom. The van der Waals surface area contributed by atoms with E-state index in [1.807, 2.05) is 0 Å². The van der Waals surface area contributed by atoms with E-state index < -0.39 is 15.2 Å². The van der Waals surface area contributed by atoms with Gasteiger partial charge in [0.2, 0.25) is 11.4 Å². The Bertz CT molecular complexity index is 568. The Labute approximate surface area is 149 Å². The molecule has 0 spiro atoms. The summed E-state index contributed by atoms with van der Waals surface area (Å²) in [7, 11) is -6.83. The lowest BCUT2D eigenvalue weighted by Gasteiger charge is -2.19. The summed E-state index contributed by atoms with van der Waals surface area (Å²) in [5.74, 6) is 0. The van der Waals surface area contributed by atoms with Gasteiger partial charge in [0.1, 0.15) is 12.3 Å². The molecule has 1 aromatic rings. The quantitative estimate of drug-likeness (QED) is 0.301. The van der Waals surface area contributed by atoms with Crippen LogP contribution in [0.15, 0.2) is 18.2 Å². The van der Waals surface area contributed by atoms with Crippen molar-refractivity contribution in [1.82, 2.24) is 0 Å². The van der Waals surface area contributed by atoms with Crippen LogP contribution in [0, 0.1) is 5.21 Å². The van der Waals surface area contributed by atoms with E-state index in [-0.39, 0.29) is 50.1 Å². The first-order chi connectivity index (χ1) is 11.8. The van der Waals surface area contributed by atoms with Crippen LogP contribution in [0.3, 0.4) is 0 Å². The van der Waals surface area contributed by atoms with Gasteiger partial charge in [-0.25, -0.2) is 0 Å². The molecule has 0 N–H and O–H groups in total. The largest absolute Gasteiger partial charge is 0.618 e. The first kappa shape index (κ1) is 22.3. The molecule has 0 aliphatic heterocycles. The Morgan fingerprint density at radius 3 is 1.40 bits per heavy atom. The van der Waals surface area contributed by atoms with Gasteiger partial charge in [0.25, 0.3) is 0 Å². The van der Waals surface area contributed by atoms with Gasteiger partial charge in [-0.2, -0.15) is 4.73 Å². The number of aromatic nitrogens is 1. The first-order valence-corrected chi connectivity index (χ1v) is 11.7. The number of hydrogen-bond acceptors (Lipinski definition) is 7. The van der Waals surface area contributed by atoms with E-state index >= 15 is 0 Å². The Kier molecular flexibility index (Phi) is 9.28. The van der Waals surface area contributed by atoms with E-state index in [9.17, 15) is 14.3 Å². The zero-order valence-corrected chi connectivity index (χ0v) is 17.0. The van der Waals surface area contributed by atoms with E-state index in [1.165, 1.54) is 12.1 Å². The smallest absolute Gasteiger partial charge is 0.341 e. The molecule has 0 aromatic carbocycles. The molecule has 0 aliphatic carbocycles. The summed E-state index contributed by atoms with van der Waals surface area (Å²) in [5, 5.41) is 12.6. The second-order valence-electron chi connectivity index (χ2n) is 5.01. The minimum Gasteiger partial charge on any atom is -0.618 e. The van der Waals surface area contributed by atoms with Crippen molar-refractivity contribution in [3.05, 3.63) is 34.8 Å². The van der Waals surface area contributed by atoms with Gasteiger partial charge in [-0.1, -0.05) is 0 Å². The molecule has 1 aromatic heterocycles. The van der Waals surface area contributed by atoms with Gasteiger partial charge in [0, 0.05) is 12.1 Å². The molecule has 1 rings (SSSR count). The van der Waals surface area contributed by atoms with Crippen LogP contribution in [0.5, 0.6) is 0 Å². The highest BCUT2D eigenvalue weighted by molar-refractivity contribution is 7.53. The van der Waals surface area contributed by atoms with Gasteiger partial charge >= 0.3 is 15.2 Å². The standard InChI is InChI=1S/C15H27NO7P2/c1-5-20-24(18,21-6-2)12-14-10-9-11-15(16(14)17)13-25(19,22-7-3)23-8-4/h9-11H,5-8,12-13H2,1-4H3. The van der Waals surface area contributed by atoms with Crippen molar-refractivity contribution in [2.75, 3.05) is 26.4 Å². The van der Waals surface area contributed by atoms with Crippen LogP contribution in [0.4, 0.5) is 0 Å². The van der Waals surface area contributed by atoms with E-state index in [0.29, 0.717) is 4.73 Å². The van der Waals surface area contributed by atoms with Crippen molar-refractivity contribution < 1.29 is 32.0 Å². The molecule has 0 radical (unpaired) electrons. The number of rotatable bonds is 12. The molecule has 1 heterocycles. The minimum absolute atomic E-state index is 0.167. The molecular weight excluding hydrogens is 368 g/mol. The predicted octanol–water partition coefficient (Wildman–Crippen LogP) is 3.85. The highest BCUT2D eigenvalue weighted by Crippen LogP contribution is 2.52. The summed E-state index contributed by atoms with van der Waals surface area (Å²) in [5.41, 5.74) is 0.421. The predicted molar refractivity (Wildman–Crippen MR) is 94.5 cm³/mol. The highest BCUT2D eigenvalue weighted by atomic mass is 31.2. The third-order valence-electron chi connectivity index (χ3n) is 3.11. The number of hydrogen-bond donors (Lipinski definition) is 0. The maximum Gasteiger partial charge on any atom is 0.341 e. The van der Waals surface area contributed by atoms with Gasteiger partial charge in [0.15, 0.2) is 0 Å². The summed E-state index contributed by atoms with van der Waals surface area (Å²) in [6, 6.07) is 4.70. The monoisotopic (exact) mass is 395 g/mol. The van der Waals surface area contributed by atoms with Gasteiger partial charge in [-0.05, 0) is 33.8 Å². The average Bonchev–Trinajstić information content (AvgIpc) is 2.52. The highest BCUT2D eigenvalue weighted by Gasteiger charge is 2.32. The Balaban J connectivity index is 3.09. The van der Waals surface area contributed by atoms with Gasteiger partial charge in [0.05, 0.1) is 26.4 Å². The zero-order chi connectivity index (χ0) is 18.9. The molecule has 0 bridgehead atoms. The van der Waals surface area contributed by atoms with Crippen LogP contribution < -0.4 is 4.73 Å². The molecular formula is C15H27NO7P2. The summed E-state index contributed by atoms with van der Waals surface area (Å²) in [6.07, 6.45) is -0.334. The van der Waals surface area contributed by atoms with Crippen molar-refractivity contribution in [2.45, 2.75) is 40.0 Å². The normalized spacial score (nSPS) is 12.5. The number of nitrogens with zero attached hydrogens (tertiary/aromatic N) is 1. The van der Waals surface area contributed by atoms with Crippen molar-refractivity contribution in [1.29, 1.82) is 0 Å². The zero-order valence-electron chi connectivity index (χ0n) is 15.2. The van der Waals surface area contributed by atoms with Crippen molar-refractivity contribution in [3.8, 4) is 0 Å². The molecule has 0 atom stereocenters. The Morgan fingerprint density at radius 1 is 0.800 bits per heavy atom. The van der Waals surface area contributed by atoms with E-state index in [2.05, 4.69) is 0 Å². The van der Waals surface area contributed by atoms with Crippen LogP contribution in [0.25, 0.3) is 0 Å². The fourth-order valence-electron chi connectivity index (χ4n) is 2.26. The summed E-state index contributed by atoms with van der Waals surface area (Å²) in [6.45, 7) is 7.64. The van der Waals surface area contributed by atoms with E-state index in [1.54, 1.807) is 33.8 Å². The lowest BCUT2D eigenvalue weighted by Crippen LogP contribution is -2.37. The van der Waals surface area contributed by atoms with Gasteiger partial charge < -0.3 is 23.3 Å². The first-order valence-electron chi connectivity index (χ1n) is 8.29. The second-order valence-corrected chi connectivity index (χ2v) is 9.12. The topological polar surface area (TPSA) is 98.0 Å². The fraction of sp³-hybridized carbons (Fsp3) is 0.667. The summed E-state index contributed by atoms with van der Waals surface area (Å²) < 4.78 is 46.8. The van der Waals surface area contributed by atoms with Crippen LogP contribution in [-0.4, -0.2) is 26.4 Å². The summed E-state index contributed by atoms with van der Waals surface area (Å²) in [4.78, 5) is 0. The minimum atomic E-state index is -3.42. The summed E-state index contributed by atoms with van der Waals surface area (Å²) >= 11 is 0. The maximum absolute atomic E-state index is 12.6. The lowest BCUT2D eigenvalue weighted by atomic mass is 10.3. The molecule has 25 heavy (non-hydrogen) atoms. The van der Waals surface area contributed by atoms with Gasteiger partial charge in [-0.3, -0.25) is 9.13 Å². The fourth-order valence-corrected chi connectivity index (χ4v) is 5.61. The molecule has 10 heteroatoms. The van der Waals surface area contributed by atoms with Crippen molar-refractivity contribution in [2.24, 2.45) is 0 Å². The third-order valence-corrected chi connectivity index (χ3v) is 7.14. The van der Waals surface area contributed by atoms with Gasteiger partial charge in [-0.15, -0.1) is 0 Å². The molecule has 144 valence electrons. The SMILES string of the molecule is CCOP(=O)(Cc1cccc(CP(=O)(OCC)OCC)[n+]1[O-])OCC. The lowest BCUT2D eigenvalue weighted by molar-refractivity contribution is -0.620. The average molecular weight is 395 g/mol. The van der Waals surface area contributed by atoms with Crippen LogP contribution >= 0.6 is 15.2 Å². The van der Waals surface area contributed by atoms with E-state index in [0.717, 1.165) is 0 Å². The maximum atomic E-state index is 12.6. The van der Waals surface area contributed by atoms with Crippen molar-refractivity contribution in [3.63, 3.8) is 0 Å². The molecule has 0 unspecified atom stereocenters. The molecule has 0 fully saturated rings. The van der Waals surface area contributed by atoms with Crippen molar-refractivity contribution >= 4 is 15.2 Å². The second kappa shape index (κ2) is 10.4. The Hall–Kier alpha value is -0.750. The molecule has 0 amide bonds. The van der Waals surface area contributed by atoms with Crippen LogP contribution in [-0.2, 0) is 39.5 Å². The molecule has 0 saturated heterocycles. The van der Waals surface area contributed by atoms with Crippen LogP contribution in [0.2, 0.25) is 0 Å². The van der Waals surface area contributed by atoms with Crippen LogP contribution in [0.1, 0.15) is 39.1 Å². The van der Waals surface area contributed by atoms with E-state index in [4.69, 9.17) is 18.1 Å². The molecule has 0 saturated carbocycles. The third kappa shape index (κ3) is 6.81. The molecule has 0 aliphatic rings. The number of pyridine rings is 1.